The summed E-state index contributed by atoms with van der Waals surface area (Å²) in [5.74, 6) is 0.394. The maximum Gasteiger partial charge on any atom is 0.0471 e. The van der Waals surface area contributed by atoms with Crippen molar-refractivity contribution in [1.82, 2.24) is 5.32 Å². The van der Waals surface area contributed by atoms with Crippen LogP contribution in [0.25, 0.3) is 0 Å². The number of hydrogen-bond acceptors (Lipinski definition) is 2. The van der Waals surface area contributed by atoms with Gasteiger partial charge in [0, 0.05) is 13.2 Å². The van der Waals surface area contributed by atoms with E-state index in [2.05, 4.69) is 45.1 Å². The molecule has 0 aliphatic carbocycles. The SMILES string of the molecule is CCC(CO)CNCCc1ccc(C)c(C)c1C. The smallest absolute Gasteiger partial charge is 0.0471 e. The Bertz CT molecular complexity index is 370. The van der Waals surface area contributed by atoms with Gasteiger partial charge in [-0.25, -0.2) is 0 Å². The first-order chi connectivity index (χ1) is 8.60. The predicted octanol–water partition coefficient (Wildman–Crippen LogP) is 2.76. The molecule has 2 N–H and O–H groups in total. The molecule has 0 aliphatic heterocycles. The zero-order valence-corrected chi connectivity index (χ0v) is 12.2. The lowest BCUT2D eigenvalue weighted by Gasteiger charge is -2.14. The Kier molecular flexibility index (Phi) is 6.37. The number of aryl methyl sites for hydroxylation is 1. The van der Waals surface area contributed by atoms with E-state index in [0.29, 0.717) is 5.92 Å². The topological polar surface area (TPSA) is 32.3 Å². The molecule has 0 amide bonds. The van der Waals surface area contributed by atoms with E-state index in [0.717, 1.165) is 25.9 Å². The molecule has 1 rings (SSSR count). The van der Waals surface area contributed by atoms with Gasteiger partial charge >= 0.3 is 0 Å². The standard InChI is InChI=1S/C16H27NO/c1-5-15(11-18)10-17-9-8-16-7-6-12(2)13(3)14(16)4/h6-7,15,17-18H,5,8-11H2,1-4H3. The van der Waals surface area contributed by atoms with Crippen LogP contribution in [0.15, 0.2) is 12.1 Å². The zero-order chi connectivity index (χ0) is 13.5. The van der Waals surface area contributed by atoms with Gasteiger partial charge in [0.15, 0.2) is 0 Å². The van der Waals surface area contributed by atoms with Gasteiger partial charge in [0.1, 0.15) is 0 Å². The fourth-order valence-corrected chi connectivity index (χ4v) is 2.15. The van der Waals surface area contributed by atoms with Crippen LogP contribution in [0, 0.1) is 26.7 Å². The van der Waals surface area contributed by atoms with Gasteiger partial charge in [-0.15, -0.1) is 0 Å². The molecule has 0 fully saturated rings. The van der Waals surface area contributed by atoms with Crippen LogP contribution in [-0.4, -0.2) is 24.8 Å². The van der Waals surface area contributed by atoms with Crippen LogP contribution in [0.5, 0.6) is 0 Å². The highest BCUT2D eigenvalue weighted by Gasteiger charge is 2.05. The molecular weight excluding hydrogens is 222 g/mol. The van der Waals surface area contributed by atoms with Crippen molar-refractivity contribution in [2.45, 2.75) is 40.5 Å². The van der Waals surface area contributed by atoms with Gasteiger partial charge in [-0.3, -0.25) is 0 Å². The van der Waals surface area contributed by atoms with Gasteiger partial charge in [0.25, 0.3) is 0 Å². The Balaban J connectivity index is 2.43. The number of aliphatic hydroxyl groups is 1. The third kappa shape index (κ3) is 4.11. The minimum absolute atomic E-state index is 0.284. The molecule has 1 unspecified atom stereocenters. The summed E-state index contributed by atoms with van der Waals surface area (Å²) in [5, 5.41) is 12.6. The molecule has 0 heterocycles. The third-order valence-corrected chi connectivity index (χ3v) is 4.01. The van der Waals surface area contributed by atoms with E-state index in [1.54, 1.807) is 0 Å². The summed E-state index contributed by atoms with van der Waals surface area (Å²) in [4.78, 5) is 0. The van der Waals surface area contributed by atoms with Gasteiger partial charge in [0.05, 0.1) is 0 Å². The highest BCUT2D eigenvalue weighted by Crippen LogP contribution is 2.17. The van der Waals surface area contributed by atoms with Crippen molar-refractivity contribution in [3.05, 3.63) is 34.4 Å². The van der Waals surface area contributed by atoms with Gasteiger partial charge in [-0.05, 0) is 68.3 Å². The Labute approximate surface area is 111 Å². The zero-order valence-electron chi connectivity index (χ0n) is 12.2. The Morgan fingerprint density at radius 2 is 1.89 bits per heavy atom. The van der Waals surface area contributed by atoms with Crippen molar-refractivity contribution in [2.24, 2.45) is 5.92 Å². The summed E-state index contributed by atoms with van der Waals surface area (Å²) >= 11 is 0. The Hall–Kier alpha value is -0.860. The first-order valence-electron chi connectivity index (χ1n) is 6.97. The van der Waals surface area contributed by atoms with E-state index in [1.165, 1.54) is 22.3 Å². The van der Waals surface area contributed by atoms with E-state index >= 15 is 0 Å². The molecule has 0 bridgehead atoms. The van der Waals surface area contributed by atoms with Gasteiger partial charge in [-0.1, -0.05) is 19.1 Å². The minimum Gasteiger partial charge on any atom is -0.396 e. The summed E-state index contributed by atoms with van der Waals surface area (Å²) in [6.07, 6.45) is 2.10. The average Bonchev–Trinajstić information content (AvgIpc) is 2.38. The van der Waals surface area contributed by atoms with Crippen LogP contribution >= 0.6 is 0 Å². The largest absolute Gasteiger partial charge is 0.396 e. The summed E-state index contributed by atoms with van der Waals surface area (Å²) in [7, 11) is 0. The van der Waals surface area contributed by atoms with Crippen LogP contribution in [0.1, 0.15) is 35.6 Å². The van der Waals surface area contributed by atoms with E-state index in [4.69, 9.17) is 5.11 Å². The Morgan fingerprint density at radius 3 is 2.50 bits per heavy atom. The summed E-state index contributed by atoms with van der Waals surface area (Å²) < 4.78 is 0. The lowest BCUT2D eigenvalue weighted by molar-refractivity contribution is 0.219. The van der Waals surface area contributed by atoms with Crippen molar-refractivity contribution in [1.29, 1.82) is 0 Å². The molecule has 2 nitrogen and oxygen atoms in total. The maximum atomic E-state index is 9.11. The second-order valence-electron chi connectivity index (χ2n) is 5.20. The van der Waals surface area contributed by atoms with Crippen LogP contribution in [0.3, 0.4) is 0 Å². The van der Waals surface area contributed by atoms with Crippen molar-refractivity contribution >= 4 is 0 Å². The number of rotatable bonds is 7. The van der Waals surface area contributed by atoms with Crippen molar-refractivity contribution < 1.29 is 5.11 Å². The summed E-state index contributed by atoms with van der Waals surface area (Å²) in [6, 6.07) is 4.45. The molecule has 2 heteroatoms. The average molecular weight is 249 g/mol. The van der Waals surface area contributed by atoms with Crippen molar-refractivity contribution in [3.8, 4) is 0 Å². The molecule has 102 valence electrons. The molecule has 0 aliphatic rings. The number of benzene rings is 1. The van der Waals surface area contributed by atoms with Gasteiger partial charge in [0.2, 0.25) is 0 Å². The van der Waals surface area contributed by atoms with E-state index < -0.39 is 0 Å². The summed E-state index contributed by atoms with van der Waals surface area (Å²) in [5.41, 5.74) is 5.64. The third-order valence-electron chi connectivity index (χ3n) is 4.01. The Morgan fingerprint density at radius 1 is 1.17 bits per heavy atom. The second kappa shape index (κ2) is 7.55. The van der Waals surface area contributed by atoms with E-state index in [-0.39, 0.29) is 6.61 Å². The van der Waals surface area contributed by atoms with Crippen LogP contribution in [0.4, 0.5) is 0 Å². The van der Waals surface area contributed by atoms with Gasteiger partial charge in [-0.2, -0.15) is 0 Å². The predicted molar refractivity (Wildman–Crippen MR) is 78.1 cm³/mol. The second-order valence-corrected chi connectivity index (χ2v) is 5.20. The van der Waals surface area contributed by atoms with Crippen LogP contribution in [-0.2, 0) is 6.42 Å². The molecule has 0 spiro atoms. The first kappa shape index (κ1) is 15.2. The summed E-state index contributed by atoms with van der Waals surface area (Å²) in [6.45, 7) is 10.9. The highest BCUT2D eigenvalue weighted by atomic mass is 16.3. The van der Waals surface area contributed by atoms with E-state index in [1.807, 2.05) is 0 Å². The molecular formula is C16H27NO. The molecule has 0 saturated heterocycles. The fourth-order valence-electron chi connectivity index (χ4n) is 2.15. The van der Waals surface area contributed by atoms with Crippen LogP contribution in [0.2, 0.25) is 0 Å². The first-order valence-corrected chi connectivity index (χ1v) is 6.97. The molecule has 0 aromatic heterocycles. The molecule has 18 heavy (non-hydrogen) atoms. The number of aliphatic hydroxyl groups excluding tert-OH is 1. The van der Waals surface area contributed by atoms with Crippen molar-refractivity contribution in [3.63, 3.8) is 0 Å². The number of hydrogen-bond donors (Lipinski definition) is 2. The molecule has 1 atom stereocenters. The molecule has 1 aromatic carbocycles. The fraction of sp³-hybridized carbons (Fsp3) is 0.625. The van der Waals surface area contributed by atoms with Crippen LogP contribution < -0.4 is 5.32 Å². The molecule has 1 aromatic rings. The monoisotopic (exact) mass is 249 g/mol. The lowest BCUT2D eigenvalue weighted by Crippen LogP contribution is -2.26. The van der Waals surface area contributed by atoms with Gasteiger partial charge < -0.3 is 10.4 Å². The molecule has 0 radical (unpaired) electrons. The lowest BCUT2D eigenvalue weighted by atomic mass is 9.97. The minimum atomic E-state index is 0.284. The van der Waals surface area contributed by atoms with E-state index in [9.17, 15) is 0 Å². The molecule has 0 saturated carbocycles. The van der Waals surface area contributed by atoms with Crippen molar-refractivity contribution in [2.75, 3.05) is 19.7 Å². The normalized spacial score (nSPS) is 12.7. The quantitative estimate of drug-likeness (QED) is 0.728. The maximum absolute atomic E-state index is 9.11. The number of nitrogens with one attached hydrogen (secondary N) is 1. The highest BCUT2D eigenvalue weighted by molar-refractivity contribution is 5.38.